The Labute approximate surface area is 135 Å². The van der Waals surface area contributed by atoms with Crippen molar-refractivity contribution in [2.45, 2.75) is 25.4 Å². The van der Waals surface area contributed by atoms with Crippen molar-refractivity contribution in [3.05, 3.63) is 27.7 Å². The number of anilines is 1. The molecule has 0 spiro atoms. The Morgan fingerprint density at radius 1 is 1.43 bits per heavy atom. The third kappa shape index (κ3) is 2.84. The first-order valence-electron chi connectivity index (χ1n) is 6.66. The lowest BCUT2D eigenvalue weighted by atomic mass is 9.95. The molecule has 0 amide bonds. The summed E-state index contributed by atoms with van der Waals surface area (Å²) < 4.78 is 14.5. The number of benzene rings is 1. The standard InChI is InChI=1S/C14H14BrClFN3O/c1-14(21)5-2-6-20(7-14)12-8-3-4-9(15)10(17)11(8)18-13(16)19-12/h3-4,21H,2,5-7H2,1H3/t14-/m1/s1. The van der Waals surface area contributed by atoms with Gasteiger partial charge >= 0.3 is 0 Å². The van der Waals surface area contributed by atoms with Crippen molar-refractivity contribution in [2.75, 3.05) is 18.0 Å². The van der Waals surface area contributed by atoms with Gasteiger partial charge in [0.1, 0.15) is 11.3 Å². The summed E-state index contributed by atoms with van der Waals surface area (Å²) in [5.74, 6) is 0.109. The molecule has 0 bridgehead atoms. The number of hydrogen-bond acceptors (Lipinski definition) is 4. The van der Waals surface area contributed by atoms with E-state index in [1.807, 2.05) is 4.90 Å². The van der Waals surface area contributed by atoms with Crippen molar-refractivity contribution < 1.29 is 9.50 Å². The number of rotatable bonds is 1. The van der Waals surface area contributed by atoms with Crippen molar-refractivity contribution in [3.8, 4) is 0 Å². The third-order valence-electron chi connectivity index (χ3n) is 3.69. The van der Waals surface area contributed by atoms with Gasteiger partial charge in [-0.3, -0.25) is 0 Å². The van der Waals surface area contributed by atoms with Crippen LogP contribution in [0.2, 0.25) is 5.28 Å². The van der Waals surface area contributed by atoms with Gasteiger partial charge < -0.3 is 10.0 Å². The quantitative estimate of drug-likeness (QED) is 0.776. The van der Waals surface area contributed by atoms with Crippen LogP contribution >= 0.6 is 27.5 Å². The van der Waals surface area contributed by atoms with E-state index in [1.165, 1.54) is 0 Å². The monoisotopic (exact) mass is 373 g/mol. The summed E-state index contributed by atoms with van der Waals surface area (Å²) in [6.45, 7) is 2.98. The van der Waals surface area contributed by atoms with E-state index in [4.69, 9.17) is 11.6 Å². The van der Waals surface area contributed by atoms with Crippen LogP contribution in [0.4, 0.5) is 10.2 Å². The van der Waals surface area contributed by atoms with Crippen LogP contribution in [0.25, 0.3) is 10.9 Å². The minimum atomic E-state index is -0.782. The molecule has 1 aromatic heterocycles. The van der Waals surface area contributed by atoms with E-state index in [1.54, 1.807) is 19.1 Å². The number of aromatic nitrogens is 2. The molecule has 21 heavy (non-hydrogen) atoms. The minimum absolute atomic E-state index is 0.000263. The zero-order chi connectivity index (χ0) is 15.2. The fourth-order valence-electron chi connectivity index (χ4n) is 2.74. The van der Waals surface area contributed by atoms with Gasteiger partial charge in [-0.05, 0) is 59.4 Å². The highest BCUT2D eigenvalue weighted by Crippen LogP contribution is 2.33. The lowest BCUT2D eigenvalue weighted by Crippen LogP contribution is -2.46. The van der Waals surface area contributed by atoms with E-state index in [-0.39, 0.29) is 10.8 Å². The molecule has 4 nitrogen and oxygen atoms in total. The molecule has 0 radical (unpaired) electrons. The number of halogens is 3. The molecule has 1 saturated heterocycles. The molecule has 7 heteroatoms. The third-order valence-corrected chi connectivity index (χ3v) is 4.47. The summed E-state index contributed by atoms with van der Waals surface area (Å²) in [5.41, 5.74) is -0.597. The van der Waals surface area contributed by atoms with E-state index in [9.17, 15) is 9.50 Å². The number of hydrogen-bond donors (Lipinski definition) is 1. The van der Waals surface area contributed by atoms with Gasteiger partial charge in [0.15, 0.2) is 5.82 Å². The SMILES string of the molecule is C[C@@]1(O)CCCN(c2nc(Cl)nc3c(F)c(Br)ccc23)C1. The maximum absolute atomic E-state index is 14.2. The van der Waals surface area contributed by atoms with Crippen LogP contribution in [0.15, 0.2) is 16.6 Å². The molecule has 0 aliphatic carbocycles. The Bertz CT molecular complexity index is 710. The second kappa shape index (κ2) is 5.34. The van der Waals surface area contributed by atoms with Gasteiger partial charge in [-0.1, -0.05) is 0 Å². The molecule has 1 aliphatic rings. The van der Waals surface area contributed by atoms with E-state index in [0.717, 1.165) is 19.4 Å². The fourth-order valence-corrected chi connectivity index (χ4v) is 3.22. The van der Waals surface area contributed by atoms with Crippen LogP contribution in [-0.4, -0.2) is 33.8 Å². The van der Waals surface area contributed by atoms with Gasteiger partial charge in [0.05, 0.1) is 10.1 Å². The van der Waals surface area contributed by atoms with Crippen LogP contribution in [0, 0.1) is 5.82 Å². The second-order valence-corrected chi connectivity index (χ2v) is 6.79. The van der Waals surface area contributed by atoms with Crippen LogP contribution < -0.4 is 4.90 Å². The first-order chi connectivity index (χ1) is 9.87. The van der Waals surface area contributed by atoms with E-state index in [2.05, 4.69) is 25.9 Å². The maximum atomic E-state index is 14.2. The largest absolute Gasteiger partial charge is 0.388 e. The van der Waals surface area contributed by atoms with Crippen LogP contribution in [0.3, 0.4) is 0 Å². The fraction of sp³-hybridized carbons (Fsp3) is 0.429. The van der Waals surface area contributed by atoms with Crippen LogP contribution in [0.1, 0.15) is 19.8 Å². The molecule has 112 valence electrons. The molecule has 0 saturated carbocycles. The maximum Gasteiger partial charge on any atom is 0.225 e. The molecule has 1 aromatic carbocycles. The van der Waals surface area contributed by atoms with Gasteiger partial charge in [0.25, 0.3) is 0 Å². The predicted octanol–water partition coefficient (Wildman–Crippen LogP) is 3.54. The Balaban J connectivity index is 2.16. The van der Waals surface area contributed by atoms with Gasteiger partial charge in [0, 0.05) is 18.5 Å². The van der Waals surface area contributed by atoms with E-state index < -0.39 is 11.4 Å². The number of fused-ring (bicyclic) bond motifs is 1. The normalized spacial score (nSPS) is 22.8. The minimum Gasteiger partial charge on any atom is -0.388 e. The van der Waals surface area contributed by atoms with Crippen molar-refractivity contribution in [1.82, 2.24) is 9.97 Å². The van der Waals surface area contributed by atoms with Gasteiger partial charge in [-0.25, -0.2) is 9.37 Å². The molecule has 2 aromatic rings. The molecule has 1 atom stereocenters. The number of β-amino-alcohol motifs (C(OH)–C–C–N with tert-alkyl or cyclic N) is 1. The van der Waals surface area contributed by atoms with Gasteiger partial charge in [-0.2, -0.15) is 4.98 Å². The summed E-state index contributed by atoms with van der Waals surface area (Å²) in [6, 6.07) is 3.39. The summed E-state index contributed by atoms with van der Waals surface area (Å²) in [7, 11) is 0. The summed E-state index contributed by atoms with van der Waals surface area (Å²) in [5, 5.41) is 10.8. The number of aliphatic hydroxyl groups is 1. The highest BCUT2D eigenvalue weighted by molar-refractivity contribution is 9.10. The highest BCUT2D eigenvalue weighted by atomic mass is 79.9. The van der Waals surface area contributed by atoms with Gasteiger partial charge in [-0.15, -0.1) is 0 Å². The topological polar surface area (TPSA) is 49.2 Å². The first-order valence-corrected chi connectivity index (χ1v) is 7.83. The molecule has 1 fully saturated rings. The number of nitrogens with zero attached hydrogens (tertiary/aromatic N) is 3. The van der Waals surface area contributed by atoms with Crippen LogP contribution in [-0.2, 0) is 0 Å². The number of piperidine rings is 1. The Kier molecular flexibility index (Phi) is 3.80. The smallest absolute Gasteiger partial charge is 0.225 e. The van der Waals surface area contributed by atoms with Crippen molar-refractivity contribution in [3.63, 3.8) is 0 Å². The lowest BCUT2D eigenvalue weighted by molar-refractivity contribution is 0.0448. The van der Waals surface area contributed by atoms with E-state index in [0.29, 0.717) is 22.2 Å². The van der Waals surface area contributed by atoms with Crippen LogP contribution in [0.5, 0.6) is 0 Å². The van der Waals surface area contributed by atoms with E-state index >= 15 is 0 Å². The second-order valence-electron chi connectivity index (χ2n) is 5.60. The first kappa shape index (κ1) is 14.9. The Hall–Kier alpha value is -0.980. The summed E-state index contributed by atoms with van der Waals surface area (Å²) >= 11 is 9.09. The highest BCUT2D eigenvalue weighted by Gasteiger charge is 2.30. The average molecular weight is 375 g/mol. The molecular weight excluding hydrogens is 361 g/mol. The summed E-state index contributed by atoms with van der Waals surface area (Å²) in [6.07, 6.45) is 1.58. The Morgan fingerprint density at radius 3 is 2.90 bits per heavy atom. The van der Waals surface area contributed by atoms with Gasteiger partial charge in [0.2, 0.25) is 5.28 Å². The average Bonchev–Trinajstić information content (AvgIpc) is 2.41. The molecule has 2 heterocycles. The molecule has 1 aliphatic heterocycles. The van der Waals surface area contributed by atoms with Crippen molar-refractivity contribution >= 4 is 44.3 Å². The van der Waals surface area contributed by atoms with Crippen molar-refractivity contribution in [2.24, 2.45) is 0 Å². The zero-order valence-corrected chi connectivity index (χ0v) is 13.7. The van der Waals surface area contributed by atoms with Crippen molar-refractivity contribution in [1.29, 1.82) is 0 Å². The zero-order valence-electron chi connectivity index (χ0n) is 11.4. The lowest BCUT2D eigenvalue weighted by Gasteiger charge is -2.37. The summed E-state index contributed by atoms with van der Waals surface area (Å²) in [4.78, 5) is 10.2. The molecule has 3 rings (SSSR count). The molecule has 0 unspecified atom stereocenters. The molecule has 1 N–H and O–H groups in total. The Morgan fingerprint density at radius 2 is 2.19 bits per heavy atom. The predicted molar refractivity (Wildman–Crippen MR) is 84.3 cm³/mol. The molecular formula is C14H14BrClFN3O.